The molecule has 1 saturated heterocycles. The number of aryl methyl sites for hydroxylation is 1. The van der Waals surface area contributed by atoms with Crippen molar-refractivity contribution in [2.24, 2.45) is 5.92 Å². The average molecular weight is 417 g/mol. The van der Waals surface area contributed by atoms with Crippen LogP contribution in [-0.4, -0.2) is 51.1 Å². The first-order chi connectivity index (χ1) is 12.6. The Morgan fingerprint density at radius 3 is 2.52 bits per heavy atom. The minimum atomic E-state index is -3.12. The van der Waals surface area contributed by atoms with Crippen LogP contribution in [0.5, 0.6) is 5.75 Å². The smallest absolute Gasteiger partial charge is 0.257 e. The van der Waals surface area contributed by atoms with Gasteiger partial charge in [0.2, 0.25) is 10.0 Å². The van der Waals surface area contributed by atoms with Crippen LogP contribution in [-0.2, 0) is 14.8 Å². The summed E-state index contributed by atoms with van der Waals surface area (Å²) in [5, 5.41) is 3.58. The molecule has 2 rings (SSSR count). The number of halogens is 1. The molecule has 0 aromatic heterocycles. The Labute approximate surface area is 167 Å². The fraction of sp³-hybridized carbons (Fsp3) is 0.632. The zero-order valence-corrected chi connectivity index (χ0v) is 18.0. The van der Waals surface area contributed by atoms with Crippen molar-refractivity contribution in [1.29, 1.82) is 0 Å². The molecule has 1 aliphatic rings. The summed E-state index contributed by atoms with van der Waals surface area (Å²) < 4.78 is 30.3. The number of sulfonamides is 1. The molecule has 0 spiro atoms. The highest BCUT2D eigenvalue weighted by Crippen LogP contribution is 2.32. The van der Waals surface area contributed by atoms with Crippen LogP contribution in [0.15, 0.2) is 12.1 Å². The molecule has 152 valence electrons. The van der Waals surface area contributed by atoms with E-state index >= 15 is 0 Å². The molecule has 1 aromatic rings. The van der Waals surface area contributed by atoms with Crippen molar-refractivity contribution in [3.05, 3.63) is 28.3 Å². The highest BCUT2D eigenvalue weighted by atomic mass is 35.5. The quantitative estimate of drug-likeness (QED) is 0.741. The van der Waals surface area contributed by atoms with Crippen LogP contribution in [0.1, 0.15) is 43.7 Å². The van der Waals surface area contributed by atoms with Crippen LogP contribution in [0, 0.1) is 12.8 Å². The van der Waals surface area contributed by atoms with Crippen molar-refractivity contribution in [2.75, 3.05) is 32.5 Å². The van der Waals surface area contributed by atoms with Gasteiger partial charge in [-0.25, -0.2) is 12.7 Å². The van der Waals surface area contributed by atoms with E-state index in [1.807, 2.05) is 19.1 Å². The third kappa shape index (κ3) is 6.36. The number of hydrogen-bond acceptors (Lipinski definition) is 4. The molecule has 1 fully saturated rings. The second-order valence-electron chi connectivity index (χ2n) is 7.49. The fourth-order valence-electron chi connectivity index (χ4n) is 3.14. The van der Waals surface area contributed by atoms with Crippen molar-refractivity contribution < 1.29 is 17.9 Å². The lowest BCUT2D eigenvalue weighted by atomic mass is 9.98. The number of carbonyl (C=O) groups excluding carboxylic acids is 1. The monoisotopic (exact) mass is 416 g/mol. The van der Waals surface area contributed by atoms with E-state index in [-0.39, 0.29) is 24.3 Å². The molecule has 8 heteroatoms. The molecule has 6 nitrogen and oxygen atoms in total. The summed E-state index contributed by atoms with van der Waals surface area (Å²) in [6, 6.07) is 3.76. The Balaban J connectivity index is 1.82. The van der Waals surface area contributed by atoms with Crippen LogP contribution in [0.2, 0.25) is 5.02 Å². The minimum absolute atomic E-state index is 0.0526. The van der Waals surface area contributed by atoms with Crippen molar-refractivity contribution in [3.8, 4) is 5.75 Å². The third-order valence-electron chi connectivity index (χ3n) is 4.90. The summed E-state index contributed by atoms with van der Waals surface area (Å²) in [7, 11) is -3.12. The largest absolute Gasteiger partial charge is 0.483 e. The number of hydrogen-bond donors (Lipinski definition) is 1. The lowest BCUT2D eigenvalue weighted by Gasteiger charge is -2.30. The Morgan fingerprint density at radius 1 is 1.33 bits per heavy atom. The SMILES string of the molecule is Cc1cc(OCC(=O)NCC2CCN(S(C)(=O)=O)CC2)c(C(C)C)cc1Cl. The highest BCUT2D eigenvalue weighted by molar-refractivity contribution is 7.88. The number of amides is 1. The normalized spacial score (nSPS) is 16.5. The lowest BCUT2D eigenvalue weighted by molar-refractivity contribution is -0.123. The number of rotatable bonds is 7. The topological polar surface area (TPSA) is 75.7 Å². The second kappa shape index (κ2) is 9.26. The van der Waals surface area contributed by atoms with Gasteiger partial charge in [0, 0.05) is 24.7 Å². The van der Waals surface area contributed by atoms with Gasteiger partial charge >= 0.3 is 0 Å². The lowest BCUT2D eigenvalue weighted by Crippen LogP contribution is -2.41. The van der Waals surface area contributed by atoms with Crippen molar-refractivity contribution in [2.45, 2.75) is 39.5 Å². The molecule has 0 radical (unpaired) electrons. The standard InChI is InChI=1S/C19H29ClN2O4S/c1-13(2)16-10-17(20)14(3)9-18(16)26-12-19(23)21-11-15-5-7-22(8-6-15)27(4,24)25/h9-10,13,15H,5-8,11-12H2,1-4H3,(H,21,23). The van der Waals surface area contributed by atoms with Gasteiger partial charge in [-0.3, -0.25) is 4.79 Å². The average Bonchev–Trinajstić information content (AvgIpc) is 2.60. The molecule has 1 aromatic carbocycles. The molecule has 0 unspecified atom stereocenters. The molecule has 1 amide bonds. The summed E-state index contributed by atoms with van der Waals surface area (Å²) in [5.74, 6) is 1.03. The first-order valence-corrected chi connectivity index (χ1v) is 11.4. The minimum Gasteiger partial charge on any atom is -0.483 e. The Hall–Kier alpha value is -1.31. The number of nitrogens with zero attached hydrogens (tertiary/aromatic N) is 1. The van der Waals surface area contributed by atoms with Gasteiger partial charge in [0.05, 0.1) is 6.26 Å². The zero-order chi connectivity index (χ0) is 20.2. The first kappa shape index (κ1) is 22.0. The fourth-order valence-corrected chi connectivity index (χ4v) is 4.19. The van der Waals surface area contributed by atoms with Crippen LogP contribution in [0.3, 0.4) is 0 Å². The van der Waals surface area contributed by atoms with E-state index in [0.717, 1.165) is 24.0 Å². The van der Waals surface area contributed by atoms with E-state index in [2.05, 4.69) is 19.2 Å². The van der Waals surface area contributed by atoms with Gasteiger partial charge in [-0.15, -0.1) is 0 Å². The summed E-state index contributed by atoms with van der Waals surface area (Å²) in [6.45, 7) is 7.52. The maximum absolute atomic E-state index is 12.1. The molecule has 0 saturated carbocycles. The van der Waals surface area contributed by atoms with Crippen LogP contribution in [0.25, 0.3) is 0 Å². The van der Waals surface area contributed by atoms with Crippen LogP contribution < -0.4 is 10.1 Å². The third-order valence-corrected chi connectivity index (χ3v) is 6.61. The molecular weight excluding hydrogens is 388 g/mol. The van der Waals surface area contributed by atoms with E-state index in [4.69, 9.17) is 16.3 Å². The van der Waals surface area contributed by atoms with Crippen molar-refractivity contribution >= 4 is 27.5 Å². The molecule has 1 aliphatic heterocycles. The molecule has 27 heavy (non-hydrogen) atoms. The van der Waals surface area contributed by atoms with E-state index in [1.165, 1.54) is 10.6 Å². The van der Waals surface area contributed by atoms with Gasteiger partial charge in [-0.2, -0.15) is 0 Å². The van der Waals surface area contributed by atoms with Gasteiger partial charge in [-0.1, -0.05) is 25.4 Å². The molecule has 0 aliphatic carbocycles. The number of benzene rings is 1. The molecule has 0 bridgehead atoms. The first-order valence-electron chi connectivity index (χ1n) is 9.22. The van der Waals surface area contributed by atoms with E-state index < -0.39 is 10.0 Å². The van der Waals surface area contributed by atoms with Gasteiger partial charge in [0.15, 0.2) is 6.61 Å². The summed E-state index contributed by atoms with van der Waals surface area (Å²) in [4.78, 5) is 12.1. The molecule has 1 N–H and O–H groups in total. The summed E-state index contributed by atoms with van der Waals surface area (Å²) in [6.07, 6.45) is 2.74. The number of carbonyl (C=O) groups is 1. The molecule has 1 heterocycles. The van der Waals surface area contributed by atoms with Crippen LogP contribution in [0.4, 0.5) is 0 Å². The van der Waals surface area contributed by atoms with E-state index in [1.54, 1.807) is 0 Å². The number of piperidine rings is 1. The van der Waals surface area contributed by atoms with Crippen LogP contribution >= 0.6 is 11.6 Å². The maximum atomic E-state index is 12.1. The second-order valence-corrected chi connectivity index (χ2v) is 9.88. The number of ether oxygens (including phenoxy) is 1. The van der Waals surface area contributed by atoms with Gasteiger partial charge in [0.1, 0.15) is 5.75 Å². The Bertz CT molecular complexity index is 772. The van der Waals surface area contributed by atoms with Gasteiger partial charge in [-0.05, 0) is 54.9 Å². The summed E-state index contributed by atoms with van der Waals surface area (Å²) >= 11 is 6.19. The molecule has 0 atom stereocenters. The zero-order valence-electron chi connectivity index (χ0n) is 16.4. The van der Waals surface area contributed by atoms with Gasteiger partial charge < -0.3 is 10.1 Å². The Morgan fingerprint density at radius 2 is 1.96 bits per heavy atom. The van der Waals surface area contributed by atoms with Gasteiger partial charge in [0.25, 0.3) is 5.91 Å². The van der Waals surface area contributed by atoms with Crippen molar-refractivity contribution in [3.63, 3.8) is 0 Å². The summed E-state index contributed by atoms with van der Waals surface area (Å²) in [5.41, 5.74) is 1.89. The predicted octanol–water partition coefficient (Wildman–Crippen LogP) is 2.94. The van der Waals surface area contributed by atoms with E-state index in [9.17, 15) is 13.2 Å². The highest BCUT2D eigenvalue weighted by Gasteiger charge is 2.25. The van der Waals surface area contributed by atoms with Crippen molar-refractivity contribution in [1.82, 2.24) is 9.62 Å². The number of nitrogens with one attached hydrogen (secondary N) is 1. The molecular formula is C19H29ClN2O4S. The maximum Gasteiger partial charge on any atom is 0.257 e. The Kier molecular flexibility index (Phi) is 7.54. The van der Waals surface area contributed by atoms with E-state index in [0.29, 0.717) is 30.4 Å². The predicted molar refractivity (Wildman–Crippen MR) is 108 cm³/mol.